The lowest BCUT2D eigenvalue weighted by Gasteiger charge is -2.15. The molecule has 2 aromatic carbocycles. The van der Waals surface area contributed by atoms with Gasteiger partial charge in [0, 0.05) is 24.2 Å². The largest absolute Gasteiger partial charge is 0.435 e. The van der Waals surface area contributed by atoms with Gasteiger partial charge in [-0.15, -0.1) is 10.2 Å². The Hall–Kier alpha value is -3.40. The first kappa shape index (κ1) is 19.4. The molecule has 0 saturated heterocycles. The molecule has 0 aliphatic rings. The number of alkyl halides is 2. The van der Waals surface area contributed by atoms with Gasteiger partial charge in [-0.25, -0.2) is 0 Å². The molecule has 0 atom stereocenters. The fourth-order valence-corrected chi connectivity index (χ4v) is 2.58. The van der Waals surface area contributed by atoms with Gasteiger partial charge in [0.2, 0.25) is 11.8 Å². The molecule has 28 heavy (non-hydrogen) atoms. The number of non-ortho nitro benzene ring substituents is 1. The van der Waals surface area contributed by atoms with Gasteiger partial charge >= 0.3 is 6.61 Å². The third-order valence-corrected chi connectivity index (χ3v) is 3.77. The quantitative estimate of drug-likeness (QED) is 0.425. The van der Waals surface area contributed by atoms with Gasteiger partial charge in [-0.1, -0.05) is 12.1 Å². The smallest absolute Gasteiger partial charge is 0.387 e. The average Bonchev–Trinajstić information content (AvgIpc) is 3.09. The number of rotatable bonds is 8. The highest BCUT2D eigenvalue weighted by Crippen LogP contribution is 2.22. The zero-order valence-electron chi connectivity index (χ0n) is 14.8. The van der Waals surface area contributed by atoms with Gasteiger partial charge in [0.25, 0.3) is 5.69 Å². The summed E-state index contributed by atoms with van der Waals surface area (Å²) in [4.78, 5) is 12.1. The molecule has 0 aliphatic heterocycles. The second-order valence-corrected chi connectivity index (χ2v) is 6.00. The van der Waals surface area contributed by atoms with Crippen LogP contribution in [-0.2, 0) is 13.1 Å². The van der Waals surface area contributed by atoms with Crippen LogP contribution >= 0.6 is 0 Å². The minimum Gasteiger partial charge on any atom is -0.435 e. The van der Waals surface area contributed by atoms with Crippen molar-refractivity contribution in [2.24, 2.45) is 0 Å². The zero-order chi connectivity index (χ0) is 20.1. The van der Waals surface area contributed by atoms with Crippen LogP contribution in [0.25, 0.3) is 11.5 Å². The SMILES string of the molecule is CN(Cc1cccc(OC(F)F)c1)Cc1nnc(-c2ccc([N+](=O)[O-])cc2)o1. The molecule has 0 N–H and O–H groups in total. The lowest BCUT2D eigenvalue weighted by Crippen LogP contribution is -2.17. The van der Waals surface area contributed by atoms with E-state index in [9.17, 15) is 18.9 Å². The Labute approximate surface area is 158 Å². The number of ether oxygens (including phenoxy) is 1. The molecule has 8 nitrogen and oxygen atoms in total. The second-order valence-electron chi connectivity index (χ2n) is 6.00. The Balaban J connectivity index is 1.62. The average molecular weight is 390 g/mol. The van der Waals surface area contributed by atoms with Crippen LogP contribution in [0.3, 0.4) is 0 Å². The molecule has 0 saturated carbocycles. The summed E-state index contributed by atoms with van der Waals surface area (Å²) >= 11 is 0. The van der Waals surface area contributed by atoms with Crippen molar-refractivity contribution in [1.29, 1.82) is 0 Å². The van der Waals surface area contributed by atoms with E-state index in [0.29, 0.717) is 24.5 Å². The number of benzene rings is 2. The number of hydrogen-bond acceptors (Lipinski definition) is 7. The fourth-order valence-electron chi connectivity index (χ4n) is 2.58. The second kappa shape index (κ2) is 8.53. The van der Waals surface area contributed by atoms with Gasteiger partial charge in [0.05, 0.1) is 11.5 Å². The minimum atomic E-state index is -2.87. The summed E-state index contributed by atoms with van der Waals surface area (Å²) in [5, 5.41) is 18.6. The first-order valence-electron chi connectivity index (χ1n) is 8.20. The summed E-state index contributed by atoms with van der Waals surface area (Å²) in [5.74, 6) is 0.709. The number of halogens is 2. The molecule has 1 aromatic heterocycles. The Morgan fingerprint density at radius 1 is 1.18 bits per heavy atom. The van der Waals surface area contributed by atoms with Crippen molar-refractivity contribution >= 4 is 5.69 Å². The van der Waals surface area contributed by atoms with Crippen LogP contribution in [0.15, 0.2) is 52.9 Å². The molecule has 1 heterocycles. The van der Waals surface area contributed by atoms with Gasteiger partial charge < -0.3 is 9.15 Å². The van der Waals surface area contributed by atoms with E-state index in [4.69, 9.17) is 4.42 Å². The van der Waals surface area contributed by atoms with E-state index in [1.165, 1.54) is 30.3 Å². The highest BCUT2D eigenvalue weighted by Gasteiger charge is 2.13. The molecule has 3 aromatic rings. The molecular formula is C18H16F2N4O4. The molecule has 10 heteroatoms. The van der Waals surface area contributed by atoms with Crippen LogP contribution in [0.4, 0.5) is 14.5 Å². The summed E-state index contributed by atoms with van der Waals surface area (Å²) in [6, 6.07) is 12.2. The molecular weight excluding hydrogens is 374 g/mol. The van der Waals surface area contributed by atoms with E-state index in [2.05, 4.69) is 14.9 Å². The summed E-state index contributed by atoms with van der Waals surface area (Å²) in [6.45, 7) is -2.08. The first-order chi connectivity index (χ1) is 13.4. The van der Waals surface area contributed by atoms with E-state index in [1.54, 1.807) is 18.2 Å². The molecule has 3 rings (SSSR count). The van der Waals surface area contributed by atoms with Gasteiger partial charge in [0.15, 0.2) is 0 Å². The fraction of sp³-hybridized carbons (Fsp3) is 0.222. The van der Waals surface area contributed by atoms with Crippen molar-refractivity contribution in [3.05, 3.63) is 70.1 Å². The lowest BCUT2D eigenvalue weighted by molar-refractivity contribution is -0.384. The number of nitrogens with zero attached hydrogens (tertiary/aromatic N) is 4. The Bertz CT molecular complexity index is 947. The zero-order valence-corrected chi connectivity index (χ0v) is 14.8. The summed E-state index contributed by atoms with van der Waals surface area (Å²) < 4.78 is 34.6. The van der Waals surface area contributed by atoms with Crippen LogP contribution in [0.1, 0.15) is 11.5 Å². The number of aromatic nitrogens is 2. The van der Waals surface area contributed by atoms with Gasteiger partial charge in [-0.3, -0.25) is 15.0 Å². The highest BCUT2D eigenvalue weighted by atomic mass is 19.3. The Morgan fingerprint density at radius 3 is 2.61 bits per heavy atom. The summed E-state index contributed by atoms with van der Waals surface area (Å²) in [7, 11) is 1.82. The number of nitro groups is 1. The number of nitro benzene ring substituents is 1. The molecule has 0 spiro atoms. The standard InChI is InChI=1S/C18H16F2N4O4/c1-23(10-12-3-2-4-15(9-12)27-18(19)20)11-16-21-22-17(28-16)13-5-7-14(8-6-13)24(25)26/h2-9,18H,10-11H2,1H3. The minimum absolute atomic E-state index is 0.0266. The van der Waals surface area contributed by atoms with Crippen LogP contribution in [0, 0.1) is 10.1 Å². The van der Waals surface area contributed by atoms with Gasteiger partial charge in [-0.05, 0) is 36.9 Å². The van der Waals surface area contributed by atoms with Crippen LogP contribution < -0.4 is 4.74 Å². The maximum Gasteiger partial charge on any atom is 0.387 e. The van der Waals surface area contributed by atoms with E-state index in [0.717, 1.165) is 5.56 Å². The van der Waals surface area contributed by atoms with Gasteiger partial charge in [0.1, 0.15) is 5.75 Å². The first-order valence-corrected chi connectivity index (χ1v) is 8.20. The monoisotopic (exact) mass is 390 g/mol. The molecule has 0 unspecified atom stereocenters. The van der Waals surface area contributed by atoms with Gasteiger partial charge in [-0.2, -0.15) is 8.78 Å². The highest BCUT2D eigenvalue weighted by molar-refractivity contribution is 5.55. The van der Waals surface area contributed by atoms with Crippen molar-refractivity contribution in [3.63, 3.8) is 0 Å². The van der Waals surface area contributed by atoms with Crippen molar-refractivity contribution in [1.82, 2.24) is 15.1 Å². The van der Waals surface area contributed by atoms with E-state index >= 15 is 0 Å². The molecule has 0 fully saturated rings. The lowest BCUT2D eigenvalue weighted by atomic mass is 10.2. The molecule has 146 valence electrons. The van der Waals surface area contributed by atoms with Crippen LogP contribution in [0.2, 0.25) is 0 Å². The van der Waals surface area contributed by atoms with Crippen molar-refractivity contribution in [2.45, 2.75) is 19.7 Å². The maximum atomic E-state index is 12.3. The van der Waals surface area contributed by atoms with Crippen LogP contribution in [-0.4, -0.2) is 33.7 Å². The topological polar surface area (TPSA) is 94.5 Å². The molecule has 0 amide bonds. The molecule has 0 radical (unpaired) electrons. The Morgan fingerprint density at radius 2 is 1.93 bits per heavy atom. The predicted octanol–water partition coefficient (Wildman–Crippen LogP) is 3.88. The van der Waals surface area contributed by atoms with Crippen molar-refractivity contribution < 1.29 is 22.9 Å². The van der Waals surface area contributed by atoms with E-state index in [-0.39, 0.29) is 17.3 Å². The van der Waals surface area contributed by atoms with Crippen molar-refractivity contribution in [2.75, 3.05) is 7.05 Å². The number of hydrogen-bond donors (Lipinski definition) is 0. The third-order valence-electron chi connectivity index (χ3n) is 3.77. The third kappa shape index (κ3) is 5.07. The van der Waals surface area contributed by atoms with Crippen LogP contribution in [0.5, 0.6) is 5.75 Å². The van der Waals surface area contributed by atoms with E-state index < -0.39 is 11.5 Å². The normalized spacial score (nSPS) is 11.2. The molecule has 0 aliphatic carbocycles. The van der Waals surface area contributed by atoms with Crippen molar-refractivity contribution in [3.8, 4) is 17.2 Å². The predicted molar refractivity (Wildman–Crippen MR) is 94.6 cm³/mol. The van der Waals surface area contributed by atoms with E-state index in [1.807, 2.05) is 11.9 Å². The summed E-state index contributed by atoms with van der Waals surface area (Å²) in [5.41, 5.74) is 1.33. The summed E-state index contributed by atoms with van der Waals surface area (Å²) in [6.07, 6.45) is 0. The molecule has 0 bridgehead atoms. The Kier molecular flexibility index (Phi) is 5.90. The maximum absolute atomic E-state index is 12.3.